The first-order valence-corrected chi connectivity index (χ1v) is 10.6. The van der Waals surface area contributed by atoms with Crippen LogP contribution in [0.15, 0.2) is 18.2 Å². The van der Waals surface area contributed by atoms with Gasteiger partial charge in [-0.05, 0) is 51.8 Å². The van der Waals surface area contributed by atoms with Crippen LogP contribution in [0.25, 0.3) is 10.2 Å². The zero-order chi connectivity index (χ0) is 20.0. The highest BCUT2D eigenvalue weighted by molar-refractivity contribution is 7.22. The van der Waals surface area contributed by atoms with Crippen LogP contribution in [0.3, 0.4) is 0 Å². The summed E-state index contributed by atoms with van der Waals surface area (Å²) in [5.74, 6) is 0.0261. The molecule has 1 aromatic carbocycles. The van der Waals surface area contributed by atoms with E-state index in [-0.39, 0.29) is 11.9 Å². The first kappa shape index (κ1) is 18.9. The minimum absolute atomic E-state index is 0.0261. The number of aryl methyl sites for hydroxylation is 3. The fourth-order valence-corrected chi connectivity index (χ4v) is 4.92. The van der Waals surface area contributed by atoms with Crippen molar-refractivity contribution in [1.29, 1.82) is 0 Å². The second-order valence-electron chi connectivity index (χ2n) is 7.86. The Hall–Kier alpha value is -2.41. The molecule has 3 aromatic rings. The van der Waals surface area contributed by atoms with Crippen molar-refractivity contribution in [2.75, 3.05) is 31.1 Å². The van der Waals surface area contributed by atoms with Crippen molar-refractivity contribution in [1.82, 2.24) is 19.7 Å². The number of fused-ring (bicyclic) bond motifs is 1. The molecule has 7 heteroatoms. The molecule has 6 nitrogen and oxygen atoms in total. The summed E-state index contributed by atoms with van der Waals surface area (Å²) in [5.41, 5.74) is 5.17. The summed E-state index contributed by atoms with van der Waals surface area (Å²) in [6.07, 6.45) is 0. The summed E-state index contributed by atoms with van der Waals surface area (Å²) in [5, 5.41) is 5.57. The fourth-order valence-electron chi connectivity index (χ4n) is 3.76. The van der Waals surface area contributed by atoms with E-state index >= 15 is 0 Å². The van der Waals surface area contributed by atoms with Crippen molar-refractivity contribution in [2.24, 2.45) is 0 Å². The van der Waals surface area contributed by atoms with Gasteiger partial charge in [0.1, 0.15) is 0 Å². The maximum atomic E-state index is 12.9. The predicted molar refractivity (Wildman–Crippen MR) is 115 cm³/mol. The van der Waals surface area contributed by atoms with Crippen LogP contribution in [0, 0.1) is 20.8 Å². The summed E-state index contributed by atoms with van der Waals surface area (Å²) in [6, 6.07) is 6.45. The molecule has 1 aliphatic rings. The highest BCUT2D eigenvalue weighted by Crippen LogP contribution is 2.33. The molecule has 148 valence electrons. The van der Waals surface area contributed by atoms with Crippen molar-refractivity contribution in [2.45, 2.75) is 40.7 Å². The van der Waals surface area contributed by atoms with Gasteiger partial charge in [-0.25, -0.2) is 4.98 Å². The van der Waals surface area contributed by atoms with Crippen LogP contribution >= 0.6 is 11.3 Å². The van der Waals surface area contributed by atoms with Gasteiger partial charge >= 0.3 is 0 Å². The zero-order valence-corrected chi connectivity index (χ0v) is 18.0. The molecule has 0 unspecified atom stereocenters. The Labute approximate surface area is 169 Å². The van der Waals surface area contributed by atoms with Crippen LogP contribution in [0.1, 0.15) is 47.2 Å². The topological polar surface area (TPSA) is 54.3 Å². The summed E-state index contributed by atoms with van der Waals surface area (Å²) in [4.78, 5) is 22.0. The lowest BCUT2D eigenvalue weighted by Crippen LogP contribution is -2.48. The van der Waals surface area contributed by atoms with E-state index in [2.05, 4.69) is 49.8 Å². The van der Waals surface area contributed by atoms with E-state index in [1.165, 1.54) is 15.8 Å². The number of piperazine rings is 1. The van der Waals surface area contributed by atoms with Crippen molar-refractivity contribution >= 4 is 32.6 Å². The molecule has 0 radical (unpaired) electrons. The number of nitrogens with zero attached hydrogens (tertiary/aromatic N) is 5. The smallest absolute Gasteiger partial charge is 0.274 e. The number of hydrogen-bond acceptors (Lipinski definition) is 5. The van der Waals surface area contributed by atoms with E-state index in [0.717, 1.165) is 29.4 Å². The second kappa shape index (κ2) is 7.20. The van der Waals surface area contributed by atoms with Gasteiger partial charge < -0.3 is 9.80 Å². The molecule has 4 rings (SSSR count). The maximum Gasteiger partial charge on any atom is 0.274 e. The zero-order valence-electron chi connectivity index (χ0n) is 17.2. The predicted octanol–water partition coefficient (Wildman–Crippen LogP) is 3.96. The molecular formula is C21H27N5OS. The van der Waals surface area contributed by atoms with Gasteiger partial charge in [-0.15, -0.1) is 0 Å². The van der Waals surface area contributed by atoms with Crippen LogP contribution < -0.4 is 4.90 Å². The highest BCUT2D eigenvalue weighted by atomic mass is 32.1. The van der Waals surface area contributed by atoms with Crippen LogP contribution in [0.5, 0.6) is 0 Å². The van der Waals surface area contributed by atoms with E-state index < -0.39 is 0 Å². The molecular weight excluding hydrogens is 370 g/mol. The van der Waals surface area contributed by atoms with Crippen LogP contribution in [0.4, 0.5) is 5.13 Å². The van der Waals surface area contributed by atoms with Gasteiger partial charge in [0.05, 0.1) is 10.2 Å². The van der Waals surface area contributed by atoms with Gasteiger partial charge in [0.2, 0.25) is 0 Å². The molecule has 0 aliphatic carbocycles. The average Bonchev–Trinajstić information content (AvgIpc) is 3.29. The molecule has 2 aromatic heterocycles. The molecule has 1 aliphatic heterocycles. The molecule has 0 spiro atoms. The summed E-state index contributed by atoms with van der Waals surface area (Å²) >= 11 is 1.75. The van der Waals surface area contributed by atoms with Gasteiger partial charge in [-0.2, -0.15) is 5.10 Å². The molecule has 3 heterocycles. The molecule has 1 saturated heterocycles. The minimum atomic E-state index is 0.0261. The number of anilines is 1. The quantitative estimate of drug-likeness (QED) is 0.671. The van der Waals surface area contributed by atoms with Crippen molar-refractivity contribution < 1.29 is 4.79 Å². The number of thiazole rings is 1. The van der Waals surface area contributed by atoms with Crippen LogP contribution in [-0.4, -0.2) is 51.8 Å². The Morgan fingerprint density at radius 2 is 1.75 bits per heavy atom. The third-order valence-electron chi connectivity index (χ3n) is 5.40. The van der Waals surface area contributed by atoms with Gasteiger partial charge in [0, 0.05) is 37.9 Å². The molecule has 1 amide bonds. The SMILES string of the molecule is Cc1ccc(C)c2sc(N3CCN(C(=O)c4cc(C)n(C(C)C)n4)CC3)nc12. The average molecular weight is 398 g/mol. The fraction of sp³-hybridized carbons (Fsp3) is 0.476. The molecule has 0 N–H and O–H groups in total. The monoisotopic (exact) mass is 397 g/mol. The van der Waals surface area contributed by atoms with E-state index in [0.29, 0.717) is 18.8 Å². The Bertz CT molecular complexity index is 988. The number of hydrogen-bond donors (Lipinski definition) is 0. The number of carbonyl (C=O) groups is 1. The maximum absolute atomic E-state index is 12.9. The lowest BCUT2D eigenvalue weighted by Gasteiger charge is -2.34. The minimum Gasteiger partial charge on any atom is -0.345 e. The Morgan fingerprint density at radius 3 is 2.36 bits per heavy atom. The Balaban J connectivity index is 1.47. The summed E-state index contributed by atoms with van der Waals surface area (Å²) in [7, 11) is 0. The van der Waals surface area contributed by atoms with Crippen LogP contribution in [0.2, 0.25) is 0 Å². The summed E-state index contributed by atoms with van der Waals surface area (Å²) in [6.45, 7) is 13.4. The number of amides is 1. The third kappa shape index (κ3) is 3.28. The number of carbonyl (C=O) groups excluding carboxylic acids is 1. The van der Waals surface area contributed by atoms with Crippen molar-refractivity contribution in [3.05, 3.63) is 40.7 Å². The van der Waals surface area contributed by atoms with E-state index in [1.807, 2.05) is 22.6 Å². The van der Waals surface area contributed by atoms with E-state index in [4.69, 9.17) is 4.98 Å². The largest absolute Gasteiger partial charge is 0.345 e. The standard InChI is InChI=1S/C21H27N5OS/c1-13(2)26-16(5)12-17(23-26)20(27)24-8-10-25(11-9-24)21-22-18-14(3)6-7-15(4)19(18)28-21/h6-7,12-13H,8-11H2,1-5H3. The molecule has 0 bridgehead atoms. The molecule has 28 heavy (non-hydrogen) atoms. The van der Waals surface area contributed by atoms with Gasteiger partial charge in [0.15, 0.2) is 10.8 Å². The lowest BCUT2D eigenvalue weighted by atomic mass is 10.1. The normalized spacial score (nSPS) is 15.1. The third-order valence-corrected chi connectivity index (χ3v) is 6.65. The van der Waals surface area contributed by atoms with E-state index in [9.17, 15) is 4.79 Å². The highest BCUT2D eigenvalue weighted by Gasteiger charge is 2.26. The molecule has 0 saturated carbocycles. The number of rotatable bonds is 3. The van der Waals surface area contributed by atoms with E-state index in [1.54, 1.807) is 11.3 Å². The van der Waals surface area contributed by atoms with Gasteiger partial charge in [-0.1, -0.05) is 23.5 Å². The first-order valence-electron chi connectivity index (χ1n) is 9.82. The Morgan fingerprint density at radius 1 is 1.07 bits per heavy atom. The van der Waals surface area contributed by atoms with Crippen molar-refractivity contribution in [3.63, 3.8) is 0 Å². The lowest BCUT2D eigenvalue weighted by molar-refractivity contribution is 0.0739. The van der Waals surface area contributed by atoms with Crippen molar-refractivity contribution in [3.8, 4) is 0 Å². The van der Waals surface area contributed by atoms with Crippen LogP contribution in [-0.2, 0) is 0 Å². The first-order chi connectivity index (χ1) is 13.3. The molecule has 1 fully saturated rings. The second-order valence-corrected chi connectivity index (χ2v) is 8.84. The van der Waals surface area contributed by atoms with Gasteiger partial charge in [-0.3, -0.25) is 9.48 Å². The summed E-state index contributed by atoms with van der Waals surface area (Å²) < 4.78 is 3.18. The number of aromatic nitrogens is 3. The Kier molecular flexibility index (Phi) is 4.87. The van der Waals surface area contributed by atoms with Gasteiger partial charge in [0.25, 0.3) is 5.91 Å². The number of benzene rings is 1. The molecule has 0 atom stereocenters.